The first-order valence-corrected chi connectivity index (χ1v) is 10.0. The fraction of sp³-hybridized carbons (Fsp3) is 0.348. The van der Waals surface area contributed by atoms with Gasteiger partial charge in [0.2, 0.25) is 5.91 Å². The molecule has 1 saturated carbocycles. The average molecular weight is 396 g/mol. The number of hydrogen-bond donors (Lipinski definition) is 3. The van der Waals surface area contributed by atoms with E-state index < -0.39 is 6.10 Å². The molecule has 0 radical (unpaired) electrons. The van der Waals surface area contributed by atoms with Gasteiger partial charge in [0.15, 0.2) is 0 Å². The zero-order valence-electron chi connectivity index (χ0n) is 16.4. The highest BCUT2D eigenvalue weighted by atomic mass is 19.1. The van der Waals surface area contributed by atoms with Crippen LogP contribution < -0.4 is 10.1 Å². The molecule has 29 heavy (non-hydrogen) atoms. The third-order valence-corrected chi connectivity index (χ3v) is 5.51. The minimum atomic E-state index is -0.424. The lowest BCUT2D eigenvalue weighted by Crippen LogP contribution is -2.34. The van der Waals surface area contributed by atoms with Crippen LogP contribution in [0.4, 0.5) is 10.1 Å². The molecular formula is C23H25FN2O3. The van der Waals surface area contributed by atoms with Crippen molar-refractivity contribution in [2.45, 2.75) is 51.2 Å². The van der Waals surface area contributed by atoms with Crippen LogP contribution in [0.1, 0.15) is 36.9 Å². The van der Waals surface area contributed by atoms with Gasteiger partial charge >= 0.3 is 0 Å². The summed E-state index contributed by atoms with van der Waals surface area (Å²) in [5.41, 5.74) is 3.13. The van der Waals surface area contributed by atoms with Gasteiger partial charge in [-0.25, -0.2) is 4.39 Å². The van der Waals surface area contributed by atoms with Crippen molar-refractivity contribution in [2.24, 2.45) is 0 Å². The normalized spacial score (nSPS) is 19.3. The van der Waals surface area contributed by atoms with Crippen molar-refractivity contribution in [3.8, 4) is 5.75 Å². The van der Waals surface area contributed by atoms with Crippen LogP contribution in [-0.4, -0.2) is 28.2 Å². The topological polar surface area (TPSA) is 74.4 Å². The van der Waals surface area contributed by atoms with Crippen molar-refractivity contribution >= 4 is 22.5 Å². The Balaban J connectivity index is 1.40. The summed E-state index contributed by atoms with van der Waals surface area (Å²) < 4.78 is 19.5. The number of fused-ring (bicyclic) bond motifs is 1. The van der Waals surface area contributed by atoms with Gasteiger partial charge in [-0.3, -0.25) is 4.79 Å². The highest BCUT2D eigenvalue weighted by Gasteiger charge is 2.24. The fourth-order valence-corrected chi connectivity index (χ4v) is 3.95. The van der Waals surface area contributed by atoms with E-state index in [0.717, 1.165) is 47.8 Å². The fourth-order valence-electron chi connectivity index (χ4n) is 3.95. The molecule has 3 N–H and O–H groups in total. The molecule has 0 spiro atoms. The number of halogens is 1. The molecule has 1 aromatic heterocycles. The highest BCUT2D eigenvalue weighted by molar-refractivity contribution is 5.96. The van der Waals surface area contributed by atoms with Crippen molar-refractivity contribution in [1.29, 1.82) is 0 Å². The van der Waals surface area contributed by atoms with E-state index in [9.17, 15) is 14.3 Å². The molecule has 6 heteroatoms. The summed E-state index contributed by atoms with van der Waals surface area (Å²) in [7, 11) is 0. The number of aliphatic hydroxyl groups is 1. The smallest absolute Gasteiger partial charge is 0.228 e. The highest BCUT2D eigenvalue weighted by Crippen LogP contribution is 2.26. The molecule has 2 atom stereocenters. The molecule has 2 aromatic carbocycles. The lowest BCUT2D eigenvalue weighted by Gasteiger charge is -2.28. The number of benzene rings is 2. The maximum Gasteiger partial charge on any atom is 0.228 e. The zero-order valence-corrected chi connectivity index (χ0v) is 16.4. The first-order valence-electron chi connectivity index (χ1n) is 10.0. The van der Waals surface area contributed by atoms with Crippen LogP contribution in [0.3, 0.4) is 0 Å². The SMILES string of the molecule is Cc1[nH]c2ccc(F)cc2c1CC(=O)Nc1ccc(OC2CCCCC2O)cc1. The van der Waals surface area contributed by atoms with Crippen LogP contribution in [0.15, 0.2) is 42.5 Å². The Kier molecular flexibility index (Phi) is 5.53. The van der Waals surface area contributed by atoms with Gasteiger partial charge in [-0.05, 0) is 74.2 Å². The predicted octanol–water partition coefficient (Wildman–Crippen LogP) is 4.48. The van der Waals surface area contributed by atoms with Gasteiger partial charge in [-0.2, -0.15) is 0 Å². The minimum absolute atomic E-state index is 0.155. The van der Waals surface area contributed by atoms with Crippen LogP contribution in [-0.2, 0) is 11.2 Å². The van der Waals surface area contributed by atoms with Gasteiger partial charge in [0.1, 0.15) is 17.7 Å². The number of H-pyrrole nitrogens is 1. The molecule has 2 unspecified atom stereocenters. The quantitative estimate of drug-likeness (QED) is 0.595. The number of hydrogen-bond acceptors (Lipinski definition) is 3. The molecule has 1 heterocycles. The molecule has 1 aliphatic carbocycles. The summed E-state index contributed by atoms with van der Waals surface area (Å²) in [5, 5.41) is 13.6. The largest absolute Gasteiger partial charge is 0.488 e. The van der Waals surface area contributed by atoms with Crippen LogP contribution in [0.25, 0.3) is 10.9 Å². The number of ether oxygens (including phenoxy) is 1. The molecule has 1 amide bonds. The lowest BCUT2D eigenvalue weighted by atomic mass is 9.95. The first-order chi connectivity index (χ1) is 14.0. The Hall–Kier alpha value is -2.86. The Morgan fingerprint density at radius 3 is 2.72 bits per heavy atom. The van der Waals surface area contributed by atoms with E-state index in [2.05, 4.69) is 10.3 Å². The van der Waals surface area contributed by atoms with Gasteiger partial charge in [0.05, 0.1) is 12.5 Å². The summed E-state index contributed by atoms with van der Waals surface area (Å²) in [6.07, 6.45) is 3.28. The molecule has 152 valence electrons. The molecule has 1 fully saturated rings. The van der Waals surface area contributed by atoms with Crippen LogP contribution in [0.5, 0.6) is 5.75 Å². The van der Waals surface area contributed by atoms with E-state index in [1.807, 2.05) is 6.92 Å². The Bertz CT molecular complexity index is 1010. The number of carbonyl (C=O) groups excluding carboxylic acids is 1. The maximum absolute atomic E-state index is 13.6. The lowest BCUT2D eigenvalue weighted by molar-refractivity contribution is -0.115. The summed E-state index contributed by atoms with van der Waals surface area (Å²) >= 11 is 0. The van der Waals surface area contributed by atoms with Crippen molar-refractivity contribution in [3.63, 3.8) is 0 Å². The number of aliphatic hydroxyl groups excluding tert-OH is 1. The predicted molar refractivity (Wildman–Crippen MR) is 111 cm³/mol. The molecular weight excluding hydrogens is 371 g/mol. The van der Waals surface area contributed by atoms with E-state index in [1.54, 1.807) is 30.3 Å². The number of aromatic nitrogens is 1. The number of nitrogens with one attached hydrogen (secondary N) is 2. The Morgan fingerprint density at radius 1 is 1.21 bits per heavy atom. The minimum Gasteiger partial charge on any atom is -0.488 e. The maximum atomic E-state index is 13.6. The van der Waals surface area contributed by atoms with E-state index in [4.69, 9.17) is 4.74 Å². The molecule has 1 aliphatic rings. The molecule has 0 saturated heterocycles. The Morgan fingerprint density at radius 2 is 1.97 bits per heavy atom. The summed E-state index contributed by atoms with van der Waals surface area (Å²) in [5.74, 6) is 0.184. The third kappa shape index (κ3) is 4.43. The number of anilines is 1. The molecule has 3 aromatic rings. The van der Waals surface area contributed by atoms with Crippen molar-refractivity contribution < 1.29 is 19.0 Å². The zero-order chi connectivity index (χ0) is 20.4. The van der Waals surface area contributed by atoms with Gasteiger partial charge in [-0.15, -0.1) is 0 Å². The average Bonchev–Trinajstić information content (AvgIpc) is 3.00. The molecule has 5 nitrogen and oxygen atoms in total. The second kappa shape index (κ2) is 8.25. The van der Waals surface area contributed by atoms with Gasteiger partial charge < -0.3 is 20.1 Å². The van der Waals surface area contributed by atoms with Crippen molar-refractivity contribution in [2.75, 3.05) is 5.32 Å². The molecule has 4 rings (SSSR count). The van der Waals surface area contributed by atoms with Crippen LogP contribution in [0, 0.1) is 12.7 Å². The first kappa shape index (κ1) is 19.5. The van der Waals surface area contributed by atoms with Gasteiger partial charge in [0, 0.05) is 22.3 Å². The number of aromatic amines is 1. The van der Waals surface area contributed by atoms with Crippen LogP contribution in [0.2, 0.25) is 0 Å². The number of carbonyl (C=O) groups is 1. The monoisotopic (exact) mass is 396 g/mol. The third-order valence-electron chi connectivity index (χ3n) is 5.51. The van der Waals surface area contributed by atoms with Gasteiger partial charge in [0.25, 0.3) is 0 Å². The molecule has 0 aliphatic heterocycles. The molecule has 0 bridgehead atoms. The van der Waals surface area contributed by atoms with E-state index >= 15 is 0 Å². The van der Waals surface area contributed by atoms with Gasteiger partial charge in [-0.1, -0.05) is 6.42 Å². The number of aryl methyl sites for hydroxylation is 1. The number of amides is 1. The summed E-state index contributed by atoms with van der Waals surface area (Å²) in [4.78, 5) is 15.7. The Labute approximate surface area is 168 Å². The second-order valence-electron chi connectivity index (χ2n) is 7.68. The standard InChI is InChI=1S/C23H25FN2O3/c1-14-18(19-12-15(24)6-11-20(19)25-14)13-23(28)26-16-7-9-17(10-8-16)29-22-5-3-2-4-21(22)27/h6-12,21-22,25,27H,2-5,13H2,1H3,(H,26,28). The van der Waals surface area contributed by atoms with Crippen molar-refractivity contribution in [1.82, 2.24) is 4.98 Å². The van der Waals surface area contributed by atoms with E-state index in [1.165, 1.54) is 12.1 Å². The van der Waals surface area contributed by atoms with E-state index in [-0.39, 0.29) is 24.2 Å². The van der Waals surface area contributed by atoms with Crippen LogP contribution >= 0.6 is 0 Å². The summed E-state index contributed by atoms with van der Waals surface area (Å²) in [6.45, 7) is 1.88. The summed E-state index contributed by atoms with van der Waals surface area (Å²) in [6, 6.07) is 11.7. The van der Waals surface area contributed by atoms with Crippen molar-refractivity contribution in [3.05, 3.63) is 59.5 Å². The second-order valence-corrected chi connectivity index (χ2v) is 7.68. The van der Waals surface area contributed by atoms with E-state index in [0.29, 0.717) is 11.4 Å². The number of rotatable bonds is 5.